The van der Waals surface area contributed by atoms with Gasteiger partial charge in [-0.3, -0.25) is 4.79 Å². The minimum absolute atomic E-state index is 0.485. The second kappa shape index (κ2) is 2.43. The van der Waals surface area contributed by atoms with Gasteiger partial charge in [0.05, 0.1) is 0 Å². The molecule has 4 nitrogen and oxygen atoms in total. The highest BCUT2D eigenvalue weighted by Crippen LogP contribution is 2.43. The number of alkyl halides is 1. The number of nitrogens with two attached hydrogens (primary N) is 1. The maximum atomic E-state index is 11.0. The van der Waals surface area contributed by atoms with E-state index in [1.165, 1.54) is 0 Å². The summed E-state index contributed by atoms with van der Waals surface area (Å²) in [6, 6.07) is 0. The highest BCUT2D eigenvalue weighted by molar-refractivity contribution is 7.89. The van der Waals surface area contributed by atoms with Gasteiger partial charge in [-0.15, -0.1) is 11.6 Å². The molecule has 0 aromatic heterocycles. The number of hydrogen-bond donors (Lipinski definition) is 1. The number of sulfonamides is 1. The summed E-state index contributed by atoms with van der Waals surface area (Å²) in [5, 5.41) is 4.65. The molecule has 0 aromatic carbocycles. The second-order valence-corrected chi connectivity index (χ2v) is 5.03. The molecule has 2 N–H and O–H groups in total. The fourth-order valence-electron chi connectivity index (χ4n) is 0.701. The van der Waals surface area contributed by atoms with Crippen LogP contribution in [0.1, 0.15) is 12.8 Å². The van der Waals surface area contributed by atoms with E-state index < -0.39 is 26.4 Å². The molecule has 0 amide bonds. The molecule has 6 heteroatoms. The van der Waals surface area contributed by atoms with Crippen LogP contribution in [0, 0.1) is 0 Å². The summed E-state index contributed by atoms with van der Waals surface area (Å²) >= 11 is 5.63. The van der Waals surface area contributed by atoms with E-state index in [-0.39, 0.29) is 0 Å². The van der Waals surface area contributed by atoms with Crippen molar-refractivity contribution in [1.29, 1.82) is 0 Å². The van der Waals surface area contributed by atoms with Crippen molar-refractivity contribution in [3.63, 3.8) is 0 Å². The van der Waals surface area contributed by atoms with Gasteiger partial charge in [0.25, 0.3) is 0 Å². The zero-order chi connectivity index (χ0) is 8.70. The Hall–Kier alpha value is -0.130. The van der Waals surface area contributed by atoms with E-state index in [2.05, 4.69) is 5.14 Å². The fraction of sp³-hybridized carbons (Fsp3) is 0.800. The fourth-order valence-corrected chi connectivity index (χ4v) is 1.58. The van der Waals surface area contributed by atoms with Crippen molar-refractivity contribution in [3.8, 4) is 0 Å². The first kappa shape index (κ1) is 8.96. The van der Waals surface area contributed by atoms with Crippen molar-refractivity contribution in [2.75, 3.05) is 5.75 Å². The molecule has 1 aliphatic carbocycles. The topological polar surface area (TPSA) is 77.2 Å². The molecule has 0 bridgehead atoms. The zero-order valence-corrected chi connectivity index (χ0v) is 7.28. The lowest BCUT2D eigenvalue weighted by atomic mass is 10.3. The third kappa shape index (κ3) is 2.43. The largest absolute Gasteiger partial charge is 0.297 e. The average molecular weight is 198 g/mol. The monoisotopic (exact) mass is 197 g/mol. The molecule has 0 aliphatic heterocycles. The van der Waals surface area contributed by atoms with E-state index in [4.69, 9.17) is 11.6 Å². The lowest BCUT2D eigenvalue weighted by Crippen LogP contribution is -2.29. The number of primary sulfonamides is 1. The molecule has 1 aliphatic rings. The van der Waals surface area contributed by atoms with E-state index in [9.17, 15) is 13.2 Å². The molecule has 0 unspecified atom stereocenters. The Balaban J connectivity index is 2.59. The number of carbonyl (C=O) groups is 1. The molecular weight excluding hydrogens is 190 g/mol. The molecule has 0 aromatic rings. The molecule has 0 saturated heterocycles. The van der Waals surface area contributed by atoms with Gasteiger partial charge in [-0.2, -0.15) is 0 Å². The number of halogens is 1. The Kier molecular flexibility index (Phi) is 1.98. The standard InChI is InChI=1S/C5H8ClNO3S/c6-5(1-2-5)4(8)3-11(7,9)10/h1-3H2,(H2,7,9,10). The molecule has 1 saturated carbocycles. The van der Waals surface area contributed by atoms with Crippen LogP contribution in [0.15, 0.2) is 0 Å². The van der Waals surface area contributed by atoms with Gasteiger partial charge in [0, 0.05) is 0 Å². The van der Waals surface area contributed by atoms with Gasteiger partial charge in [-0.05, 0) is 12.8 Å². The van der Waals surface area contributed by atoms with Crippen molar-refractivity contribution >= 4 is 27.4 Å². The second-order valence-electron chi connectivity index (χ2n) is 2.70. The third-order valence-corrected chi connectivity index (χ3v) is 2.77. The van der Waals surface area contributed by atoms with Gasteiger partial charge in [0.1, 0.15) is 10.6 Å². The van der Waals surface area contributed by atoms with Crippen molar-refractivity contribution in [2.24, 2.45) is 5.14 Å². The first-order chi connectivity index (χ1) is 4.83. The first-order valence-corrected chi connectivity index (χ1v) is 5.15. The Morgan fingerprint density at radius 3 is 2.27 bits per heavy atom. The molecule has 1 rings (SSSR count). The van der Waals surface area contributed by atoms with Crippen LogP contribution in [0.4, 0.5) is 0 Å². The van der Waals surface area contributed by atoms with Gasteiger partial charge in [0.2, 0.25) is 10.0 Å². The average Bonchev–Trinajstić information content (AvgIpc) is 2.44. The number of carbonyl (C=O) groups excluding carboxylic acids is 1. The van der Waals surface area contributed by atoms with E-state index in [1.54, 1.807) is 0 Å². The van der Waals surface area contributed by atoms with Crippen LogP contribution in [0.25, 0.3) is 0 Å². The predicted molar refractivity (Wildman–Crippen MR) is 40.8 cm³/mol. The maximum absolute atomic E-state index is 11.0. The Bertz CT molecular complexity index is 280. The highest BCUT2D eigenvalue weighted by atomic mass is 35.5. The van der Waals surface area contributed by atoms with Crippen LogP contribution < -0.4 is 5.14 Å². The molecule has 11 heavy (non-hydrogen) atoms. The first-order valence-electron chi connectivity index (χ1n) is 3.06. The van der Waals surface area contributed by atoms with Crippen molar-refractivity contribution in [3.05, 3.63) is 0 Å². The quantitative estimate of drug-likeness (QED) is 0.627. The smallest absolute Gasteiger partial charge is 0.216 e. The SMILES string of the molecule is NS(=O)(=O)CC(=O)C1(Cl)CC1. The lowest BCUT2D eigenvalue weighted by Gasteiger charge is -2.01. The molecule has 1 fully saturated rings. The van der Waals surface area contributed by atoms with Crippen LogP contribution in [-0.4, -0.2) is 24.8 Å². The number of ketones is 1. The molecule has 0 spiro atoms. The van der Waals surface area contributed by atoms with Crippen LogP contribution >= 0.6 is 11.6 Å². The van der Waals surface area contributed by atoms with Gasteiger partial charge in [-0.25, -0.2) is 13.6 Å². The van der Waals surface area contributed by atoms with Crippen LogP contribution in [0.2, 0.25) is 0 Å². The van der Waals surface area contributed by atoms with Crippen LogP contribution in [-0.2, 0) is 14.8 Å². The summed E-state index contributed by atoms with van der Waals surface area (Å²) < 4.78 is 20.8. The molecule has 0 atom stereocenters. The Labute approximate surface area is 69.8 Å². The van der Waals surface area contributed by atoms with Gasteiger partial charge in [-0.1, -0.05) is 0 Å². The summed E-state index contributed by atoms with van der Waals surface area (Å²) in [6.07, 6.45) is 1.12. The van der Waals surface area contributed by atoms with Gasteiger partial charge >= 0.3 is 0 Å². The summed E-state index contributed by atoms with van der Waals surface area (Å²) in [7, 11) is -3.70. The molecule has 64 valence electrons. The summed E-state index contributed by atoms with van der Waals surface area (Å²) in [4.78, 5) is 10.0. The number of rotatable bonds is 3. The summed E-state index contributed by atoms with van der Waals surface area (Å²) in [5.41, 5.74) is 0. The third-order valence-electron chi connectivity index (χ3n) is 1.52. The van der Waals surface area contributed by atoms with Crippen molar-refractivity contribution < 1.29 is 13.2 Å². The molecule has 0 heterocycles. The number of Topliss-reactive ketones (excluding diaryl/α,β-unsaturated/α-hetero) is 1. The zero-order valence-electron chi connectivity index (χ0n) is 5.71. The van der Waals surface area contributed by atoms with Crippen LogP contribution in [0.3, 0.4) is 0 Å². The number of hydrogen-bond acceptors (Lipinski definition) is 3. The highest BCUT2D eigenvalue weighted by Gasteiger charge is 2.48. The van der Waals surface area contributed by atoms with E-state index in [1.807, 2.05) is 0 Å². The van der Waals surface area contributed by atoms with E-state index in [0.717, 1.165) is 0 Å². The summed E-state index contributed by atoms with van der Waals surface area (Å²) in [5.74, 6) is -1.13. The molecule has 0 radical (unpaired) electrons. The Morgan fingerprint density at radius 1 is 1.55 bits per heavy atom. The van der Waals surface area contributed by atoms with E-state index >= 15 is 0 Å². The summed E-state index contributed by atoms with van der Waals surface area (Å²) in [6.45, 7) is 0. The normalized spacial score (nSPS) is 21.3. The van der Waals surface area contributed by atoms with E-state index in [0.29, 0.717) is 12.8 Å². The van der Waals surface area contributed by atoms with Gasteiger partial charge < -0.3 is 0 Å². The lowest BCUT2D eigenvalue weighted by molar-refractivity contribution is -0.117. The Morgan fingerprint density at radius 2 is 2.00 bits per heavy atom. The van der Waals surface area contributed by atoms with Crippen LogP contribution in [0.5, 0.6) is 0 Å². The van der Waals surface area contributed by atoms with Crippen molar-refractivity contribution in [2.45, 2.75) is 17.7 Å². The minimum atomic E-state index is -3.70. The minimum Gasteiger partial charge on any atom is -0.297 e. The van der Waals surface area contributed by atoms with Crippen molar-refractivity contribution in [1.82, 2.24) is 0 Å². The predicted octanol–water partition coefficient (Wildman–Crippen LogP) is -0.385. The molecular formula is C5H8ClNO3S. The maximum Gasteiger partial charge on any atom is 0.216 e. The van der Waals surface area contributed by atoms with Gasteiger partial charge in [0.15, 0.2) is 5.78 Å².